The molecule has 3 rings (SSSR count). The first-order valence-corrected chi connectivity index (χ1v) is 10.1. The summed E-state index contributed by atoms with van der Waals surface area (Å²) in [5, 5.41) is 5.35. The summed E-state index contributed by atoms with van der Waals surface area (Å²) in [4.78, 5) is 0. The van der Waals surface area contributed by atoms with Crippen LogP contribution in [-0.4, -0.2) is 13.3 Å². The van der Waals surface area contributed by atoms with E-state index in [9.17, 15) is 0 Å². The van der Waals surface area contributed by atoms with Gasteiger partial charge in [-0.1, -0.05) is 36.4 Å². The fraction of sp³-hybridized carbons (Fsp3) is 0.263. The molecule has 1 nitrogen and oxygen atoms in total. The Morgan fingerprint density at radius 3 is 2.52 bits per heavy atom. The van der Waals surface area contributed by atoms with E-state index >= 15 is 0 Å². The monoisotopic (exact) mass is 296 g/mol. The highest BCUT2D eigenvalue weighted by atomic mass is 31.2. The third kappa shape index (κ3) is 2.76. The predicted molar refractivity (Wildman–Crippen MR) is 97.1 cm³/mol. The van der Waals surface area contributed by atoms with Crippen LogP contribution in [0.1, 0.15) is 22.3 Å². The van der Waals surface area contributed by atoms with E-state index < -0.39 is 7.41 Å². The van der Waals surface area contributed by atoms with Crippen molar-refractivity contribution >= 4 is 24.5 Å². The van der Waals surface area contributed by atoms with Crippen molar-refractivity contribution in [1.82, 2.24) is 0 Å². The fourth-order valence-corrected chi connectivity index (χ4v) is 5.28. The van der Waals surface area contributed by atoms with Gasteiger partial charge in [-0.15, -0.1) is 0 Å². The molecule has 0 saturated carbocycles. The number of allylic oxidation sites excluding steroid dienone is 1. The van der Waals surface area contributed by atoms with Crippen LogP contribution in [-0.2, 0) is 6.42 Å². The molecule has 0 bridgehead atoms. The fourth-order valence-electron chi connectivity index (χ4n) is 2.96. The van der Waals surface area contributed by atoms with Crippen LogP contribution in [0.5, 0.6) is 0 Å². The molecule has 0 fully saturated rings. The average Bonchev–Trinajstić information content (AvgIpc) is 2.47. The minimum atomic E-state index is -1.39. The molecular formula is C19H23NP+. The number of fused-ring (bicyclic) bond motifs is 2. The maximum Gasteiger partial charge on any atom is 0.128 e. The van der Waals surface area contributed by atoms with Crippen LogP contribution < -0.4 is 10.4 Å². The summed E-state index contributed by atoms with van der Waals surface area (Å²) >= 11 is 0. The molecule has 1 aliphatic rings. The number of nitrogens with one attached hydrogen (secondary N) is 1. The van der Waals surface area contributed by atoms with E-state index in [0.717, 1.165) is 6.42 Å². The normalized spacial score (nSPS) is 17.5. The molecule has 0 saturated heterocycles. The van der Waals surface area contributed by atoms with Crippen LogP contribution >= 0.6 is 7.41 Å². The molecule has 2 heteroatoms. The first-order valence-electron chi connectivity index (χ1n) is 7.46. The summed E-state index contributed by atoms with van der Waals surface area (Å²) < 4.78 is 0. The Morgan fingerprint density at radius 2 is 1.71 bits per heavy atom. The van der Waals surface area contributed by atoms with Crippen molar-refractivity contribution in [1.29, 1.82) is 0 Å². The number of anilines is 1. The lowest BCUT2D eigenvalue weighted by Gasteiger charge is -2.23. The van der Waals surface area contributed by atoms with Gasteiger partial charge in [0, 0.05) is 11.1 Å². The Hall–Kier alpha value is -1.59. The molecule has 1 heterocycles. The number of aryl methyl sites for hydroxylation is 2. The van der Waals surface area contributed by atoms with E-state index in [1.165, 1.54) is 33.2 Å². The molecule has 0 amide bonds. The van der Waals surface area contributed by atoms with Gasteiger partial charge in [-0.05, 0) is 43.5 Å². The van der Waals surface area contributed by atoms with Crippen molar-refractivity contribution in [2.45, 2.75) is 20.3 Å². The van der Waals surface area contributed by atoms with Crippen LogP contribution in [0.15, 0.2) is 42.5 Å². The van der Waals surface area contributed by atoms with Gasteiger partial charge in [0.05, 0.1) is 19.0 Å². The van der Waals surface area contributed by atoms with Gasteiger partial charge in [-0.2, -0.15) is 0 Å². The van der Waals surface area contributed by atoms with Crippen LogP contribution in [0, 0.1) is 13.8 Å². The summed E-state index contributed by atoms with van der Waals surface area (Å²) in [6.07, 6.45) is 5.54. The summed E-state index contributed by atoms with van der Waals surface area (Å²) in [6, 6.07) is 13.4. The van der Waals surface area contributed by atoms with Crippen molar-refractivity contribution in [2.75, 3.05) is 18.4 Å². The third-order valence-corrected chi connectivity index (χ3v) is 6.71. The van der Waals surface area contributed by atoms with Crippen LogP contribution in [0.25, 0.3) is 6.08 Å². The number of rotatable bonds is 0. The topological polar surface area (TPSA) is 12.0 Å². The van der Waals surface area contributed by atoms with Gasteiger partial charge in [-0.3, -0.25) is 5.09 Å². The molecule has 0 unspecified atom stereocenters. The summed E-state index contributed by atoms with van der Waals surface area (Å²) in [5.74, 6) is 0. The molecule has 1 N–H and O–H groups in total. The molecular weight excluding hydrogens is 273 g/mol. The molecule has 0 aliphatic carbocycles. The number of para-hydroxylation sites is 1. The zero-order valence-electron chi connectivity index (χ0n) is 13.3. The Balaban J connectivity index is 2.18. The minimum Gasteiger partial charge on any atom is -0.256 e. The smallest absolute Gasteiger partial charge is 0.128 e. The summed E-state index contributed by atoms with van der Waals surface area (Å²) in [5.41, 5.74) is 6.78. The number of hydrogen-bond acceptors (Lipinski definition) is 1. The molecule has 0 radical (unpaired) electrons. The zero-order chi connectivity index (χ0) is 15.0. The van der Waals surface area contributed by atoms with Crippen molar-refractivity contribution in [3.8, 4) is 0 Å². The predicted octanol–water partition coefficient (Wildman–Crippen LogP) is 4.80. The van der Waals surface area contributed by atoms with Gasteiger partial charge in [0.15, 0.2) is 0 Å². The van der Waals surface area contributed by atoms with Crippen LogP contribution in [0.3, 0.4) is 0 Å². The first kappa shape index (κ1) is 14.4. The average molecular weight is 296 g/mol. The van der Waals surface area contributed by atoms with Crippen molar-refractivity contribution in [3.05, 3.63) is 64.7 Å². The molecule has 2 aromatic carbocycles. The van der Waals surface area contributed by atoms with Crippen molar-refractivity contribution in [3.63, 3.8) is 0 Å². The maximum absolute atomic E-state index is 3.84. The van der Waals surface area contributed by atoms with E-state index in [1.54, 1.807) is 0 Å². The number of benzene rings is 2. The maximum atomic E-state index is 3.84. The second-order valence-electron chi connectivity index (χ2n) is 6.32. The van der Waals surface area contributed by atoms with Gasteiger partial charge in [0.1, 0.15) is 12.7 Å². The van der Waals surface area contributed by atoms with Gasteiger partial charge in [-0.25, -0.2) is 0 Å². The molecule has 21 heavy (non-hydrogen) atoms. The second-order valence-corrected chi connectivity index (χ2v) is 9.94. The second kappa shape index (κ2) is 5.31. The molecule has 2 aromatic rings. The lowest BCUT2D eigenvalue weighted by molar-refractivity contribution is 1.25. The first-order chi connectivity index (χ1) is 9.97. The highest BCUT2D eigenvalue weighted by molar-refractivity contribution is 7.83. The zero-order valence-corrected chi connectivity index (χ0v) is 14.2. The number of hydrogen-bond donors (Lipinski definition) is 1. The molecule has 0 atom stereocenters. The standard InChI is InChI=1S/C19H23NP/c1-14-12-17-10-7-9-16-8-5-6-11-18(16)20-21(3,4)19(17)13-15(14)2/h5-9,11-13,20H,10H2,1-4H3/q+1/b9-7-. The van der Waals surface area contributed by atoms with E-state index in [0.29, 0.717) is 0 Å². The molecule has 1 aliphatic heterocycles. The van der Waals surface area contributed by atoms with Gasteiger partial charge in [0.25, 0.3) is 0 Å². The van der Waals surface area contributed by atoms with E-state index in [1.807, 2.05) is 0 Å². The lowest BCUT2D eigenvalue weighted by atomic mass is 10.0. The summed E-state index contributed by atoms with van der Waals surface area (Å²) in [7, 11) is -1.39. The molecule has 0 spiro atoms. The molecule has 0 aromatic heterocycles. The van der Waals surface area contributed by atoms with Gasteiger partial charge < -0.3 is 0 Å². The van der Waals surface area contributed by atoms with E-state index in [-0.39, 0.29) is 0 Å². The van der Waals surface area contributed by atoms with Crippen molar-refractivity contribution in [2.24, 2.45) is 0 Å². The van der Waals surface area contributed by atoms with Crippen molar-refractivity contribution < 1.29 is 0 Å². The Kier molecular flexibility index (Phi) is 3.63. The lowest BCUT2D eigenvalue weighted by Crippen LogP contribution is -2.21. The minimum absolute atomic E-state index is 1.01. The van der Waals surface area contributed by atoms with Gasteiger partial charge >= 0.3 is 0 Å². The quantitative estimate of drug-likeness (QED) is 0.688. The summed E-state index contributed by atoms with van der Waals surface area (Å²) in [6.45, 7) is 9.18. The largest absolute Gasteiger partial charge is 0.256 e. The molecule has 108 valence electrons. The SMILES string of the molecule is Cc1cc2c(cc1C)[P+](C)(C)Nc1ccccc1/C=C\C2. The Morgan fingerprint density at radius 1 is 1.00 bits per heavy atom. The van der Waals surface area contributed by atoms with Crippen LogP contribution in [0.2, 0.25) is 0 Å². The van der Waals surface area contributed by atoms with Crippen LogP contribution in [0.4, 0.5) is 5.69 Å². The highest BCUT2D eigenvalue weighted by Crippen LogP contribution is 2.51. The third-order valence-electron chi connectivity index (χ3n) is 4.29. The Labute approximate surface area is 128 Å². The van der Waals surface area contributed by atoms with Gasteiger partial charge in [0.2, 0.25) is 0 Å². The Bertz CT molecular complexity index is 714. The highest BCUT2D eigenvalue weighted by Gasteiger charge is 2.32. The van der Waals surface area contributed by atoms with E-state index in [4.69, 9.17) is 0 Å². The van der Waals surface area contributed by atoms with E-state index in [2.05, 4.69) is 80.8 Å².